The summed E-state index contributed by atoms with van der Waals surface area (Å²) in [6, 6.07) is 0. The number of hydrogen-bond acceptors (Lipinski definition) is 6. The molecule has 0 unspecified atom stereocenters. The maximum atomic E-state index is 11.4. The fourth-order valence-electron chi connectivity index (χ4n) is 0.906. The van der Waals surface area contributed by atoms with E-state index in [9.17, 15) is 27.6 Å². The van der Waals surface area contributed by atoms with Gasteiger partial charge in [-0.2, -0.15) is 13.2 Å². The van der Waals surface area contributed by atoms with Crippen LogP contribution in [0, 0.1) is 0 Å². The smallest absolute Gasteiger partial charge is 0.422 e. The summed E-state index contributed by atoms with van der Waals surface area (Å²) in [5.41, 5.74) is 0.664. The number of rotatable bonds is 8. The zero-order chi connectivity index (χ0) is 20.9. The first-order valence-corrected chi connectivity index (χ1v) is 7.32. The summed E-state index contributed by atoms with van der Waals surface area (Å²) < 4.78 is 47.5. The van der Waals surface area contributed by atoms with Crippen LogP contribution in [0.5, 0.6) is 0 Å². The van der Waals surface area contributed by atoms with Crippen molar-refractivity contribution in [2.45, 2.75) is 33.4 Å². The van der Waals surface area contributed by atoms with Crippen LogP contribution in [0.3, 0.4) is 0 Å². The average molecular weight is 380 g/mol. The van der Waals surface area contributed by atoms with E-state index in [2.05, 4.69) is 24.5 Å². The molecule has 0 heterocycles. The normalized spacial score (nSPS) is 9.92. The number of alkyl halides is 3. The molecule has 0 bridgehead atoms. The molecule has 0 aliphatic carbocycles. The summed E-state index contributed by atoms with van der Waals surface area (Å²) in [5.74, 6) is -1.88. The second kappa shape index (κ2) is 12.7. The molecule has 0 aromatic rings. The predicted molar refractivity (Wildman–Crippen MR) is 88.0 cm³/mol. The Labute approximate surface area is 150 Å². The maximum Gasteiger partial charge on any atom is 0.422 e. The number of carbonyl (C=O) groups excluding carboxylic acids is 3. The lowest BCUT2D eigenvalue weighted by Crippen LogP contribution is -2.20. The number of ether oxygens (including phenoxy) is 3. The van der Waals surface area contributed by atoms with Crippen LogP contribution in [-0.2, 0) is 28.6 Å². The van der Waals surface area contributed by atoms with E-state index in [4.69, 9.17) is 9.47 Å². The summed E-state index contributed by atoms with van der Waals surface area (Å²) in [6.45, 7) is 13.3. The highest BCUT2D eigenvalue weighted by Gasteiger charge is 2.29. The first kappa shape index (κ1) is 25.7. The molecule has 0 aromatic carbocycles. The van der Waals surface area contributed by atoms with E-state index in [1.807, 2.05) is 0 Å². The molecule has 0 saturated carbocycles. The van der Waals surface area contributed by atoms with Crippen LogP contribution in [-0.4, -0.2) is 43.9 Å². The lowest BCUT2D eigenvalue weighted by Gasteiger charge is -2.06. The highest BCUT2D eigenvalue weighted by molar-refractivity contribution is 5.87. The van der Waals surface area contributed by atoms with Gasteiger partial charge in [-0.1, -0.05) is 19.7 Å². The Morgan fingerprint density at radius 2 is 1.04 bits per heavy atom. The van der Waals surface area contributed by atoms with E-state index in [-0.39, 0.29) is 18.8 Å². The molecule has 6 nitrogen and oxygen atoms in total. The zero-order valence-electron chi connectivity index (χ0n) is 15.0. The molecule has 9 heteroatoms. The summed E-state index contributed by atoms with van der Waals surface area (Å²) in [4.78, 5) is 32.2. The second-order valence-corrected chi connectivity index (χ2v) is 5.16. The molecule has 148 valence electrons. The molecule has 0 rings (SSSR count). The molecular weight excluding hydrogens is 357 g/mol. The topological polar surface area (TPSA) is 78.9 Å². The Hall–Kier alpha value is -2.58. The van der Waals surface area contributed by atoms with Gasteiger partial charge in [0.1, 0.15) is 0 Å². The molecule has 0 aliphatic rings. The van der Waals surface area contributed by atoms with Crippen LogP contribution in [0.25, 0.3) is 0 Å². The third-order valence-electron chi connectivity index (χ3n) is 2.17. The van der Waals surface area contributed by atoms with E-state index in [1.54, 1.807) is 13.8 Å². The van der Waals surface area contributed by atoms with Gasteiger partial charge in [0, 0.05) is 23.1 Å². The Bertz CT molecular complexity index is 521. The molecule has 0 spiro atoms. The molecular formula is C17H23F3O6. The van der Waals surface area contributed by atoms with Crippen molar-refractivity contribution in [3.05, 3.63) is 36.5 Å². The van der Waals surface area contributed by atoms with Gasteiger partial charge in [0.25, 0.3) is 0 Å². The van der Waals surface area contributed by atoms with E-state index in [0.717, 1.165) is 0 Å². The van der Waals surface area contributed by atoms with Gasteiger partial charge in [0.2, 0.25) is 0 Å². The van der Waals surface area contributed by atoms with Crippen LogP contribution >= 0.6 is 0 Å². The average Bonchev–Trinajstić information content (AvgIpc) is 2.51. The largest absolute Gasteiger partial charge is 0.462 e. The van der Waals surface area contributed by atoms with Gasteiger partial charge in [-0.15, -0.1) is 0 Å². The third-order valence-corrected chi connectivity index (χ3v) is 2.17. The van der Waals surface area contributed by atoms with Crippen molar-refractivity contribution < 1.29 is 41.8 Å². The van der Waals surface area contributed by atoms with Crippen molar-refractivity contribution in [1.29, 1.82) is 0 Å². The lowest BCUT2D eigenvalue weighted by atomic mass is 10.3. The molecule has 0 fully saturated rings. The number of halogens is 3. The summed E-state index contributed by atoms with van der Waals surface area (Å²) in [5, 5.41) is 0. The summed E-state index contributed by atoms with van der Waals surface area (Å²) in [7, 11) is 0. The minimum Gasteiger partial charge on any atom is -0.462 e. The fraction of sp³-hybridized carbons (Fsp3) is 0.471. The standard InChI is InChI=1S/C11H16O4.C6H7F3O2/c1-8(2)10(12)14-6-5-7-15-11(13)9(3)4;1-4(2)5(10)11-3-6(7,8)9/h1,3,5-7H2,2,4H3;1,3H2,2H3. The summed E-state index contributed by atoms with van der Waals surface area (Å²) in [6.07, 6.45) is -4.00. The monoisotopic (exact) mass is 380 g/mol. The zero-order valence-corrected chi connectivity index (χ0v) is 15.0. The SMILES string of the molecule is C=C(C)C(=O)OCC(F)(F)F.C=C(C)C(=O)OCCCOC(=O)C(=C)C. The number of esters is 3. The van der Waals surface area contributed by atoms with Crippen molar-refractivity contribution in [3.63, 3.8) is 0 Å². The quantitative estimate of drug-likeness (QED) is 0.278. The van der Waals surface area contributed by atoms with Crippen LogP contribution in [0.15, 0.2) is 36.5 Å². The van der Waals surface area contributed by atoms with E-state index in [0.29, 0.717) is 17.6 Å². The Balaban J connectivity index is 0. The van der Waals surface area contributed by atoms with Crippen LogP contribution in [0.4, 0.5) is 13.2 Å². The molecule has 0 atom stereocenters. The fourth-order valence-corrected chi connectivity index (χ4v) is 0.906. The Kier molecular flexibility index (Phi) is 12.6. The molecule has 0 aromatic heterocycles. The van der Waals surface area contributed by atoms with E-state index in [1.165, 1.54) is 6.92 Å². The van der Waals surface area contributed by atoms with E-state index < -0.39 is 30.7 Å². The van der Waals surface area contributed by atoms with Crippen molar-refractivity contribution in [2.24, 2.45) is 0 Å². The van der Waals surface area contributed by atoms with Gasteiger partial charge in [-0.3, -0.25) is 0 Å². The van der Waals surface area contributed by atoms with Crippen molar-refractivity contribution in [2.75, 3.05) is 19.8 Å². The molecule has 0 saturated heterocycles. The van der Waals surface area contributed by atoms with Gasteiger partial charge in [-0.25, -0.2) is 14.4 Å². The number of carbonyl (C=O) groups is 3. The Morgan fingerprint density at radius 1 is 0.731 bits per heavy atom. The lowest BCUT2D eigenvalue weighted by molar-refractivity contribution is -0.183. The van der Waals surface area contributed by atoms with Crippen LogP contribution < -0.4 is 0 Å². The first-order valence-electron chi connectivity index (χ1n) is 7.32. The molecule has 0 amide bonds. The van der Waals surface area contributed by atoms with Gasteiger partial charge >= 0.3 is 24.1 Å². The van der Waals surface area contributed by atoms with Gasteiger partial charge in [0.15, 0.2) is 6.61 Å². The summed E-state index contributed by atoms with van der Waals surface area (Å²) >= 11 is 0. The van der Waals surface area contributed by atoms with Crippen molar-refractivity contribution in [1.82, 2.24) is 0 Å². The van der Waals surface area contributed by atoms with E-state index >= 15 is 0 Å². The van der Waals surface area contributed by atoms with Crippen molar-refractivity contribution >= 4 is 17.9 Å². The van der Waals surface area contributed by atoms with Gasteiger partial charge in [0.05, 0.1) is 13.2 Å². The van der Waals surface area contributed by atoms with Crippen LogP contribution in [0.1, 0.15) is 27.2 Å². The van der Waals surface area contributed by atoms with Gasteiger partial charge < -0.3 is 14.2 Å². The minimum absolute atomic E-state index is 0.0470. The molecule has 0 aliphatic heterocycles. The highest BCUT2D eigenvalue weighted by atomic mass is 19.4. The van der Waals surface area contributed by atoms with Gasteiger partial charge in [-0.05, 0) is 20.8 Å². The van der Waals surface area contributed by atoms with Crippen molar-refractivity contribution in [3.8, 4) is 0 Å². The maximum absolute atomic E-state index is 11.4. The molecule has 0 radical (unpaired) electrons. The third kappa shape index (κ3) is 16.3. The number of hydrogen-bond donors (Lipinski definition) is 0. The highest BCUT2D eigenvalue weighted by Crippen LogP contribution is 2.14. The Morgan fingerprint density at radius 3 is 1.31 bits per heavy atom. The van der Waals surface area contributed by atoms with Crippen LogP contribution in [0.2, 0.25) is 0 Å². The second-order valence-electron chi connectivity index (χ2n) is 5.16. The molecule has 26 heavy (non-hydrogen) atoms. The first-order chi connectivity index (χ1) is 11.8. The molecule has 0 N–H and O–H groups in total. The predicted octanol–water partition coefficient (Wildman–Crippen LogP) is 3.28. The minimum atomic E-state index is -4.47.